The molecular weight excluding hydrogens is 172 g/mol. The van der Waals surface area contributed by atoms with Gasteiger partial charge < -0.3 is 4.79 Å². The maximum atomic E-state index is 9.81. The number of ketones is 1. The van der Waals surface area contributed by atoms with Crippen LogP contribution in [0.15, 0.2) is 36.5 Å². The topological polar surface area (TPSA) is 17.1 Å². The molecule has 0 fully saturated rings. The summed E-state index contributed by atoms with van der Waals surface area (Å²) < 4.78 is 0. The Kier molecular flexibility index (Phi) is 10.9. The smallest absolute Gasteiger partial charge is 0.129 e. The number of carbonyl (C=O) groups is 1. The second-order valence-corrected chi connectivity index (χ2v) is 3.18. The van der Waals surface area contributed by atoms with Crippen molar-refractivity contribution in [2.45, 2.75) is 40.5 Å². The van der Waals surface area contributed by atoms with Gasteiger partial charge in [0.25, 0.3) is 0 Å². The summed E-state index contributed by atoms with van der Waals surface area (Å²) in [6, 6.07) is 0. The lowest BCUT2D eigenvalue weighted by molar-refractivity contribution is -0.116. The highest BCUT2D eigenvalue weighted by molar-refractivity contribution is 5.74. The Bertz CT molecular complexity index is 221. The van der Waals surface area contributed by atoms with E-state index >= 15 is 0 Å². The van der Waals surface area contributed by atoms with Crippen LogP contribution in [0.5, 0.6) is 0 Å². The molecule has 0 saturated carbocycles. The van der Waals surface area contributed by atoms with Gasteiger partial charge in [-0.3, -0.25) is 0 Å². The van der Waals surface area contributed by atoms with Gasteiger partial charge in [-0.25, -0.2) is 0 Å². The van der Waals surface area contributed by atoms with Crippen molar-refractivity contribution in [2.75, 3.05) is 0 Å². The van der Waals surface area contributed by atoms with E-state index in [2.05, 4.69) is 20.1 Å². The van der Waals surface area contributed by atoms with Crippen molar-refractivity contribution in [1.82, 2.24) is 0 Å². The molecule has 0 aromatic rings. The fraction of sp³-hybridized carbons (Fsp3) is 0.462. The van der Waals surface area contributed by atoms with E-state index in [-0.39, 0.29) is 5.78 Å². The van der Waals surface area contributed by atoms with Crippen molar-refractivity contribution >= 4 is 5.78 Å². The number of hydrogen-bond acceptors (Lipinski definition) is 1. The van der Waals surface area contributed by atoms with Crippen molar-refractivity contribution in [3.05, 3.63) is 36.5 Å². The minimum absolute atomic E-state index is 0.255. The summed E-state index contributed by atoms with van der Waals surface area (Å²) in [6.07, 6.45) is 5.62. The maximum absolute atomic E-state index is 9.81. The van der Waals surface area contributed by atoms with Gasteiger partial charge in [0.1, 0.15) is 5.78 Å². The summed E-state index contributed by atoms with van der Waals surface area (Å²) in [5, 5.41) is 0. The van der Waals surface area contributed by atoms with Crippen LogP contribution in [0.4, 0.5) is 0 Å². The molecule has 0 radical (unpaired) electrons. The largest absolute Gasteiger partial charge is 0.300 e. The molecule has 0 spiro atoms. The summed E-state index contributed by atoms with van der Waals surface area (Å²) in [5.74, 6) is 0.255. The second-order valence-electron chi connectivity index (χ2n) is 3.18. The van der Waals surface area contributed by atoms with E-state index in [4.69, 9.17) is 0 Å². The van der Waals surface area contributed by atoms with Crippen molar-refractivity contribution in [3.63, 3.8) is 0 Å². The monoisotopic (exact) mass is 194 g/mol. The van der Waals surface area contributed by atoms with Crippen LogP contribution >= 0.6 is 0 Å². The first-order chi connectivity index (χ1) is 6.47. The van der Waals surface area contributed by atoms with E-state index in [0.717, 1.165) is 12.0 Å². The molecule has 0 aliphatic carbocycles. The molecule has 0 bridgehead atoms. The van der Waals surface area contributed by atoms with Gasteiger partial charge in [0.2, 0.25) is 0 Å². The first-order valence-corrected chi connectivity index (χ1v) is 4.95. The van der Waals surface area contributed by atoms with Gasteiger partial charge in [-0.05, 0) is 25.8 Å². The minimum Gasteiger partial charge on any atom is -0.300 e. The van der Waals surface area contributed by atoms with Crippen LogP contribution in [0, 0.1) is 0 Å². The molecule has 0 atom stereocenters. The SMILES string of the molecule is C=C/C(=C\C(=C)C)CC.CCC(C)=O. The summed E-state index contributed by atoms with van der Waals surface area (Å²) >= 11 is 0. The first-order valence-electron chi connectivity index (χ1n) is 4.95. The average molecular weight is 194 g/mol. The predicted molar refractivity (Wildman–Crippen MR) is 64.4 cm³/mol. The zero-order valence-electron chi connectivity index (χ0n) is 9.89. The summed E-state index contributed by atoms with van der Waals surface area (Å²) in [6.45, 7) is 15.0. The van der Waals surface area contributed by atoms with E-state index in [1.54, 1.807) is 6.92 Å². The van der Waals surface area contributed by atoms with Gasteiger partial charge in [0.15, 0.2) is 0 Å². The lowest BCUT2D eigenvalue weighted by atomic mass is 10.1. The zero-order valence-corrected chi connectivity index (χ0v) is 9.89. The molecule has 80 valence electrons. The Hall–Kier alpha value is -1.11. The van der Waals surface area contributed by atoms with Gasteiger partial charge in [-0.1, -0.05) is 44.7 Å². The molecule has 0 amide bonds. The molecule has 0 unspecified atom stereocenters. The van der Waals surface area contributed by atoms with Gasteiger partial charge >= 0.3 is 0 Å². The van der Waals surface area contributed by atoms with E-state index in [1.165, 1.54) is 5.57 Å². The van der Waals surface area contributed by atoms with Gasteiger partial charge in [-0.2, -0.15) is 0 Å². The van der Waals surface area contributed by atoms with Crippen LogP contribution in [-0.2, 0) is 4.79 Å². The molecule has 0 saturated heterocycles. The van der Waals surface area contributed by atoms with E-state index in [9.17, 15) is 4.79 Å². The molecule has 1 heteroatoms. The van der Waals surface area contributed by atoms with E-state index < -0.39 is 0 Å². The first kappa shape index (κ1) is 15.4. The van der Waals surface area contributed by atoms with Gasteiger partial charge in [-0.15, -0.1) is 0 Å². The van der Waals surface area contributed by atoms with Crippen molar-refractivity contribution < 1.29 is 4.79 Å². The number of carbonyl (C=O) groups excluding carboxylic acids is 1. The number of hydrogen-bond donors (Lipinski definition) is 0. The molecule has 1 nitrogen and oxygen atoms in total. The molecule has 0 rings (SSSR count). The third-order valence-corrected chi connectivity index (χ3v) is 1.60. The van der Waals surface area contributed by atoms with Crippen LogP contribution < -0.4 is 0 Å². The molecule has 0 aliphatic rings. The quantitative estimate of drug-likeness (QED) is 0.616. The predicted octanol–water partition coefficient (Wildman–Crippen LogP) is 4.07. The third-order valence-electron chi connectivity index (χ3n) is 1.60. The summed E-state index contributed by atoms with van der Waals surface area (Å²) in [4.78, 5) is 9.81. The molecule has 0 heterocycles. The molecular formula is C13H22O. The van der Waals surface area contributed by atoms with Gasteiger partial charge in [0.05, 0.1) is 0 Å². The Morgan fingerprint density at radius 3 is 1.71 bits per heavy atom. The Balaban J connectivity index is 0. The highest BCUT2D eigenvalue weighted by Gasteiger charge is 1.83. The molecule has 0 aliphatic heterocycles. The van der Waals surface area contributed by atoms with Crippen molar-refractivity contribution in [3.8, 4) is 0 Å². The Morgan fingerprint density at radius 2 is 1.64 bits per heavy atom. The van der Waals surface area contributed by atoms with Crippen LogP contribution in [0.25, 0.3) is 0 Å². The fourth-order valence-corrected chi connectivity index (χ4v) is 0.622. The van der Waals surface area contributed by atoms with Crippen LogP contribution in [0.3, 0.4) is 0 Å². The normalized spacial score (nSPS) is 9.86. The van der Waals surface area contributed by atoms with E-state index in [1.807, 2.05) is 26.0 Å². The second kappa shape index (κ2) is 9.97. The third kappa shape index (κ3) is 13.5. The highest BCUT2D eigenvalue weighted by Crippen LogP contribution is 2.04. The molecule has 0 N–H and O–H groups in total. The van der Waals surface area contributed by atoms with Gasteiger partial charge in [0, 0.05) is 6.42 Å². The Labute approximate surface area is 88.2 Å². The lowest BCUT2D eigenvalue weighted by Crippen LogP contribution is -1.80. The Morgan fingerprint density at radius 1 is 1.21 bits per heavy atom. The van der Waals surface area contributed by atoms with E-state index in [0.29, 0.717) is 6.42 Å². The van der Waals surface area contributed by atoms with Crippen LogP contribution in [0.1, 0.15) is 40.5 Å². The van der Waals surface area contributed by atoms with Crippen LogP contribution in [-0.4, -0.2) is 5.78 Å². The van der Waals surface area contributed by atoms with Crippen molar-refractivity contribution in [1.29, 1.82) is 0 Å². The molecule has 0 aromatic heterocycles. The number of Topliss-reactive ketones (excluding diaryl/α,β-unsaturated/α-hetero) is 1. The molecule has 14 heavy (non-hydrogen) atoms. The number of rotatable bonds is 4. The maximum Gasteiger partial charge on any atom is 0.129 e. The minimum atomic E-state index is 0.255. The lowest BCUT2D eigenvalue weighted by Gasteiger charge is -1.93. The zero-order chi connectivity index (χ0) is 11.6. The summed E-state index contributed by atoms with van der Waals surface area (Å²) in [7, 11) is 0. The number of allylic oxidation sites excluding steroid dienone is 4. The molecule has 0 aromatic carbocycles. The van der Waals surface area contributed by atoms with Crippen LogP contribution in [0.2, 0.25) is 0 Å². The van der Waals surface area contributed by atoms with Crippen molar-refractivity contribution in [2.24, 2.45) is 0 Å². The standard InChI is InChI=1S/C9H14.C4H8O/c1-5-9(6-2)7-8(3)4;1-3-4(2)5/h5,7H,1,3,6H2,2,4H3;3H2,1-2H3/b9-7+;. The average Bonchev–Trinajstić information content (AvgIpc) is 2.14. The fourth-order valence-electron chi connectivity index (χ4n) is 0.622. The summed E-state index contributed by atoms with van der Waals surface area (Å²) in [5.41, 5.74) is 2.34. The highest BCUT2D eigenvalue weighted by atomic mass is 16.1.